The van der Waals surface area contributed by atoms with Crippen molar-refractivity contribution in [3.8, 4) is 5.75 Å². The molecule has 0 radical (unpaired) electrons. The first-order chi connectivity index (χ1) is 9.60. The number of nitrogens with one attached hydrogen (secondary N) is 3. The summed E-state index contributed by atoms with van der Waals surface area (Å²) in [5.74, 6) is 0.533. The zero-order chi connectivity index (χ0) is 14.5. The molecule has 108 valence electrons. The number of hydrogen-bond acceptors (Lipinski definition) is 3. The smallest absolute Gasteiger partial charge is 0.265 e. The van der Waals surface area contributed by atoms with Crippen LogP contribution >= 0.6 is 12.2 Å². The first kappa shape index (κ1) is 14.6. The van der Waals surface area contributed by atoms with Gasteiger partial charge >= 0.3 is 0 Å². The van der Waals surface area contributed by atoms with Crippen molar-refractivity contribution in [3.05, 3.63) is 18.2 Å². The van der Waals surface area contributed by atoms with Crippen LogP contribution in [-0.2, 0) is 4.79 Å². The maximum atomic E-state index is 11.6. The van der Waals surface area contributed by atoms with Crippen molar-refractivity contribution in [3.63, 3.8) is 0 Å². The van der Waals surface area contributed by atoms with E-state index in [1.165, 1.54) is 0 Å². The van der Waals surface area contributed by atoms with E-state index in [1.54, 1.807) is 6.92 Å². The number of carbonyl (C=O) groups is 1. The van der Waals surface area contributed by atoms with Crippen molar-refractivity contribution in [2.24, 2.45) is 0 Å². The van der Waals surface area contributed by atoms with Crippen LogP contribution in [0.2, 0.25) is 0 Å². The fraction of sp³-hybridized carbons (Fsp3) is 0.429. The molecule has 1 aliphatic heterocycles. The predicted molar refractivity (Wildman–Crippen MR) is 84.3 cm³/mol. The second-order valence-corrected chi connectivity index (χ2v) is 5.10. The summed E-state index contributed by atoms with van der Waals surface area (Å²) in [6, 6.07) is 5.51. The molecule has 2 rings (SSSR count). The summed E-state index contributed by atoms with van der Waals surface area (Å²) in [5, 5.41) is 9.61. The topological polar surface area (TPSA) is 62.4 Å². The molecule has 0 aromatic heterocycles. The van der Waals surface area contributed by atoms with E-state index in [4.69, 9.17) is 17.0 Å². The van der Waals surface area contributed by atoms with Gasteiger partial charge in [0.05, 0.1) is 5.69 Å². The molecule has 0 unspecified atom stereocenters. The first-order valence-electron chi connectivity index (χ1n) is 6.76. The van der Waals surface area contributed by atoms with Crippen LogP contribution in [0.4, 0.5) is 11.4 Å². The second kappa shape index (κ2) is 6.56. The van der Waals surface area contributed by atoms with Crippen molar-refractivity contribution < 1.29 is 9.53 Å². The van der Waals surface area contributed by atoms with E-state index in [0.717, 1.165) is 25.1 Å². The summed E-state index contributed by atoms with van der Waals surface area (Å²) in [6.07, 6.45) is 1.74. The lowest BCUT2D eigenvalue weighted by molar-refractivity contribution is -0.122. The number of hydrogen-bond donors (Lipinski definition) is 3. The first-order valence-corrected chi connectivity index (χ1v) is 7.17. The summed E-state index contributed by atoms with van der Waals surface area (Å²) in [7, 11) is 0. The molecule has 0 fully saturated rings. The highest BCUT2D eigenvalue weighted by molar-refractivity contribution is 7.80. The van der Waals surface area contributed by atoms with Gasteiger partial charge in [-0.2, -0.15) is 0 Å². The number of benzene rings is 1. The Morgan fingerprint density at radius 1 is 1.50 bits per heavy atom. The summed E-state index contributed by atoms with van der Waals surface area (Å²) < 4.78 is 5.50. The van der Waals surface area contributed by atoms with E-state index in [2.05, 4.69) is 22.9 Å². The van der Waals surface area contributed by atoms with Gasteiger partial charge in [-0.05, 0) is 43.8 Å². The molecular weight excluding hydrogens is 274 g/mol. The third-order valence-electron chi connectivity index (χ3n) is 2.98. The molecule has 20 heavy (non-hydrogen) atoms. The van der Waals surface area contributed by atoms with E-state index in [9.17, 15) is 4.79 Å². The summed E-state index contributed by atoms with van der Waals surface area (Å²) in [6.45, 7) is 4.70. The largest absolute Gasteiger partial charge is 0.479 e. The van der Waals surface area contributed by atoms with Crippen molar-refractivity contribution in [2.45, 2.75) is 32.8 Å². The molecule has 0 saturated heterocycles. The number of rotatable bonds is 4. The molecule has 3 N–H and O–H groups in total. The zero-order valence-corrected chi connectivity index (χ0v) is 12.5. The molecule has 1 atom stereocenters. The van der Waals surface area contributed by atoms with Crippen LogP contribution in [0.3, 0.4) is 0 Å². The average molecular weight is 293 g/mol. The van der Waals surface area contributed by atoms with Gasteiger partial charge < -0.3 is 20.7 Å². The number of amides is 1. The maximum absolute atomic E-state index is 11.6. The van der Waals surface area contributed by atoms with E-state index in [0.29, 0.717) is 16.5 Å². The molecule has 0 aliphatic carbocycles. The lowest BCUT2D eigenvalue weighted by Gasteiger charge is -2.23. The fourth-order valence-corrected chi connectivity index (χ4v) is 2.06. The van der Waals surface area contributed by atoms with Crippen molar-refractivity contribution in [1.82, 2.24) is 5.32 Å². The van der Waals surface area contributed by atoms with Gasteiger partial charge in [0, 0.05) is 12.2 Å². The standard InChI is InChI=1S/C14H19N3O2S/c1-3-4-7-15-14(20)16-10-5-6-12-11(8-10)17-13(18)9(2)19-12/h5-6,8-9H,3-4,7H2,1-2H3,(H,17,18)(H2,15,16,20)/t9-/m1/s1. The Morgan fingerprint density at radius 2 is 2.30 bits per heavy atom. The van der Waals surface area contributed by atoms with Crippen LogP contribution in [0, 0.1) is 0 Å². The van der Waals surface area contributed by atoms with Crippen LogP contribution in [0.15, 0.2) is 18.2 Å². The van der Waals surface area contributed by atoms with Crippen LogP contribution in [-0.4, -0.2) is 23.7 Å². The lowest BCUT2D eigenvalue weighted by atomic mass is 10.2. The number of carbonyl (C=O) groups excluding carboxylic acids is 1. The van der Waals surface area contributed by atoms with E-state index < -0.39 is 6.10 Å². The summed E-state index contributed by atoms with van der Waals surface area (Å²) >= 11 is 5.21. The van der Waals surface area contributed by atoms with Crippen molar-refractivity contribution >= 4 is 34.6 Å². The minimum Gasteiger partial charge on any atom is -0.479 e. The average Bonchev–Trinajstić information content (AvgIpc) is 2.41. The van der Waals surface area contributed by atoms with Gasteiger partial charge in [0.25, 0.3) is 5.91 Å². The number of ether oxygens (including phenoxy) is 1. The number of anilines is 2. The molecule has 5 nitrogen and oxygen atoms in total. The van der Waals surface area contributed by atoms with Gasteiger partial charge in [-0.1, -0.05) is 13.3 Å². The normalized spacial score (nSPS) is 16.7. The molecule has 1 aromatic carbocycles. The van der Waals surface area contributed by atoms with E-state index in [-0.39, 0.29) is 5.91 Å². The summed E-state index contributed by atoms with van der Waals surface area (Å²) in [5.41, 5.74) is 1.48. The van der Waals surface area contributed by atoms with Gasteiger partial charge in [-0.15, -0.1) is 0 Å². The predicted octanol–water partition coefficient (Wildman–Crippen LogP) is 2.49. The Bertz CT molecular complexity index is 519. The quantitative estimate of drug-likeness (QED) is 0.588. The summed E-state index contributed by atoms with van der Waals surface area (Å²) in [4.78, 5) is 11.6. The third-order valence-corrected chi connectivity index (χ3v) is 3.23. The molecule has 0 bridgehead atoms. The van der Waals surface area contributed by atoms with Gasteiger partial charge in [0.1, 0.15) is 5.75 Å². The molecule has 1 amide bonds. The number of thiocarbonyl (C=S) groups is 1. The van der Waals surface area contributed by atoms with Crippen LogP contribution in [0.25, 0.3) is 0 Å². The molecule has 6 heteroatoms. The Labute approximate surface area is 124 Å². The fourth-order valence-electron chi connectivity index (χ4n) is 1.84. The lowest BCUT2D eigenvalue weighted by Crippen LogP contribution is -2.34. The van der Waals surface area contributed by atoms with Gasteiger partial charge in [-0.25, -0.2) is 0 Å². The SMILES string of the molecule is CCCCNC(=S)Nc1ccc2c(c1)NC(=O)[C@@H](C)O2. The van der Waals surface area contributed by atoms with Crippen LogP contribution in [0.1, 0.15) is 26.7 Å². The minimum absolute atomic E-state index is 0.140. The molecule has 1 aliphatic rings. The van der Waals surface area contributed by atoms with Gasteiger partial charge in [0.2, 0.25) is 0 Å². The van der Waals surface area contributed by atoms with Crippen molar-refractivity contribution in [1.29, 1.82) is 0 Å². The Balaban J connectivity index is 1.99. The Morgan fingerprint density at radius 3 is 3.05 bits per heavy atom. The van der Waals surface area contributed by atoms with Crippen LogP contribution in [0.5, 0.6) is 5.75 Å². The second-order valence-electron chi connectivity index (χ2n) is 4.69. The molecule has 0 saturated carbocycles. The Hall–Kier alpha value is -1.82. The molecule has 1 aromatic rings. The monoisotopic (exact) mass is 293 g/mol. The Kier molecular flexibility index (Phi) is 4.79. The molecule has 1 heterocycles. The number of fused-ring (bicyclic) bond motifs is 1. The minimum atomic E-state index is -0.460. The highest BCUT2D eigenvalue weighted by Gasteiger charge is 2.23. The van der Waals surface area contributed by atoms with E-state index >= 15 is 0 Å². The zero-order valence-electron chi connectivity index (χ0n) is 11.7. The number of unbranched alkanes of at least 4 members (excludes halogenated alkanes) is 1. The van der Waals surface area contributed by atoms with E-state index in [1.807, 2.05) is 18.2 Å². The highest BCUT2D eigenvalue weighted by atomic mass is 32.1. The maximum Gasteiger partial charge on any atom is 0.265 e. The third kappa shape index (κ3) is 3.60. The molecule has 0 spiro atoms. The van der Waals surface area contributed by atoms with Gasteiger partial charge in [0.15, 0.2) is 11.2 Å². The van der Waals surface area contributed by atoms with Crippen LogP contribution < -0.4 is 20.7 Å². The highest BCUT2D eigenvalue weighted by Crippen LogP contribution is 2.32. The van der Waals surface area contributed by atoms with Gasteiger partial charge in [-0.3, -0.25) is 4.79 Å². The molecular formula is C14H19N3O2S. The van der Waals surface area contributed by atoms with Crippen molar-refractivity contribution in [2.75, 3.05) is 17.2 Å².